The van der Waals surface area contributed by atoms with Gasteiger partial charge in [-0.1, -0.05) is 31.0 Å². The van der Waals surface area contributed by atoms with Gasteiger partial charge in [-0.25, -0.2) is 4.79 Å². The third kappa shape index (κ3) is 2.86. The number of carboxylic acid groups (broad SMARTS) is 1. The lowest BCUT2D eigenvalue weighted by molar-refractivity contribution is -0.147. The first kappa shape index (κ1) is 15.0. The first-order valence-corrected chi connectivity index (χ1v) is 8.48. The van der Waals surface area contributed by atoms with Crippen LogP contribution in [0.25, 0.3) is 10.1 Å². The molecule has 1 heterocycles. The average Bonchev–Trinajstić information content (AvgIpc) is 3.13. The van der Waals surface area contributed by atoms with Gasteiger partial charge in [0.2, 0.25) is 5.91 Å². The number of hydrogen-bond donors (Lipinski definition) is 2. The standard InChI is InChI=1S/C17H19NO3S/c19-15(18-17(16(20)21)9-3-4-10-17)8-7-12-11-22-14-6-2-1-5-13(12)14/h1-2,5-6,11H,3-4,7-10H2,(H,18,19)(H,20,21). The van der Waals surface area contributed by atoms with Crippen LogP contribution in [0.5, 0.6) is 0 Å². The summed E-state index contributed by atoms with van der Waals surface area (Å²) in [4.78, 5) is 23.6. The summed E-state index contributed by atoms with van der Waals surface area (Å²) in [7, 11) is 0. The molecule has 0 saturated heterocycles. The molecule has 22 heavy (non-hydrogen) atoms. The maximum absolute atomic E-state index is 12.2. The predicted molar refractivity (Wildman–Crippen MR) is 87.1 cm³/mol. The molecule has 1 aliphatic carbocycles. The van der Waals surface area contributed by atoms with E-state index in [4.69, 9.17) is 0 Å². The Morgan fingerprint density at radius 2 is 1.95 bits per heavy atom. The Morgan fingerprint density at radius 1 is 1.23 bits per heavy atom. The first-order valence-electron chi connectivity index (χ1n) is 7.60. The number of hydrogen-bond acceptors (Lipinski definition) is 3. The molecular weight excluding hydrogens is 298 g/mol. The second kappa shape index (κ2) is 6.08. The Hall–Kier alpha value is -1.88. The molecule has 0 bridgehead atoms. The SMILES string of the molecule is O=C(CCc1csc2ccccc12)NC1(C(=O)O)CCCC1. The molecule has 2 aromatic rings. The maximum Gasteiger partial charge on any atom is 0.329 e. The van der Waals surface area contributed by atoms with Crippen molar-refractivity contribution in [3.8, 4) is 0 Å². The fraction of sp³-hybridized carbons (Fsp3) is 0.412. The van der Waals surface area contributed by atoms with Gasteiger partial charge < -0.3 is 10.4 Å². The number of rotatable bonds is 5. The van der Waals surface area contributed by atoms with E-state index in [9.17, 15) is 14.7 Å². The van der Waals surface area contributed by atoms with Gasteiger partial charge in [-0.05, 0) is 41.7 Å². The molecule has 116 valence electrons. The molecule has 1 saturated carbocycles. The first-order chi connectivity index (χ1) is 10.6. The molecule has 1 fully saturated rings. The highest BCUT2D eigenvalue weighted by Crippen LogP contribution is 2.30. The molecule has 1 aromatic heterocycles. The van der Waals surface area contributed by atoms with Crippen LogP contribution < -0.4 is 5.32 Å². The molecule has 3 rings (SSSR count). The molecule has 4 nitrogen and oxygen atoms in total. The molecular formula is C17H19NO3S. The summed E-state index contributed by atoms with van der Waals surface area (Å²) >= 11 is 1.68. The van der Waals surface area contributed by atoms with E-state index in [1.165, 1.54) is 10.1 Å². The minimum Gasteiger partial charge on any atom is -0.480 e. The van der Waals surface area contributed by atoms with Crippen molar-refractivity contribution in [3.63, 3.8) is 0 Å². The van der Waals surface area contributed by atoms with E-state index in [0.717, 1.165) is 18.4 Å². The lowest BCUT2D eigenvalue weighted by Gasteiger charge is -2.25. The minimum atomic E-state index is -1.03. The van der Waals surface area contributed by atoms with E-state index in [1.54, 1.807) is 11.3 Å². The Labute approximate surface area is 133 Å². The van der Waals surface area contributed by atoms with Crippen LogP contribution in [-0.2, 0) is 16.0 Å². The van der Waals surface area contributed by atoms with Crippen LogP contribution in [0.1, 0.15) is 37.7 Å². The summed E-state index contributed by atoms with van der Waals surface area (Å²) in [5.41, 5.74) is 0.125. The van der Waals surface area contributed by atoms with Gasteiger partial charge in [0.25, 0.3) is 0 Å². The monoisotopic (exact) mass is 317 g/mol. The summed E-state index contributed by atoms with van der Waals surface area (Å²) in [5, 5.41) is 15.4. The molecule has 1 aliphatic rings. The molecule has 0 atom stereocenters. The highest BCUT2D eigenvalue weighted by molar-refractivity contribution is 7.17. The van der Waals surface area contributed by atoms with Gasteiger partial charge in [0.15, 0.2) is 0 Å². The number of thiophene rings is 1. The second-order valence-corrected chi connectivity index (χ2v) is 6.81. The van der Waals surface area contributed by atoms with Crippen molar-refractivity contribution in [2.24, 2.45) is 0 Å². The van der Waals surface area contributed by atoms with Gasteiger partial charge in [0.05, 0.1) is 0 Å². The minimum absolute atomic E-state index is 0.167. The zero-order valence-electron chi connectivity index (χ0n) is 12.3. The summed E-state index contributed by atoms with van der Waals surface area (Å²) in [6, 6.07) is 8.14. The Morgan fingerprint density at radius 3 is 2.68 bits per heavy atom. The van der Waals surface area contributed by atoms with Crippen LogP contribution in [0.4, 0.5) is 0 Å². The lowest BCUT2D eigenvalue weighted by Crippen LogP contribution is -2.52. The van der Waals surface area contributed by atoms with Crippen molar-refractivity contribution in [1.29, 1.82) is 0 Å². The van der Waals surface area contributed by atoms with Crippen molar-refractivity contribution in [1.82, 2.24) is 5.32 Å². The predicted octanol–water partition coefficient (Wildman–Crippen LogP) is 3.35. The van der Waals surface area contributed by atoms with E-state index in [2.05, 4.69) is 22.8 Å². The number of carboxylic acids is 1. The smallest absolute Gasteiger partial charge is 0.329 e. The third-order valence-electron chi connectivity index (χ3n) is 4.43. The summed E-state index contributed by atoms with van der Waals surface area (Å²) in [5.74, 6) is -1.07. The lowest BCUT2D eigenvalue weighted by atomic mass is 9.97. The third-order valence-corrected chi connectivity index (χ3v) is 5.44. The van der Waals surface area contributed by atoms with Gasteiger partial charge >= 0.3 is 5.97 Å². The largest absolute Gasteiger partial charge is 0.480 e. The zero-order chi connectivity index (χ0) is 15.6. The number of amides is 1. The van der Waals surface area contributed by atoms with E-state index in [-0.39, 0.29) is 5.91 Å². The molecule has 0 aliphatic heterocycles. The van der Waals surface area contributed by atoms with Gasteiger partial charge in [-0.15, -0.1) is 11.3 Å². The topological polar surface area (TPSA) is 66.4 Å². The normalized spacial score (nSPS) is 16.7. The van der Waals surface area contributed by atoms with E-state index >= 15 is 0 Å². The van der Waals surface area contributed by atoms with Crippen molar-refractivity contribution in [2.45, 2.75) is 44.1 Å². The number of aryl methyl sites for hydroxylation is 1. The molecule has 0 spiro atoms. The Kier molecular flexibility index (Phi) is 4.16. The van der Waals surface area contributed by atoms with Crippen LogP contribution in [0, 0.1) is 0 Å². The zero-order valence-corrected chi connectivity index (χ0v) is 13.1. The van der Waals surface area contributed by atoms with Crippen LogP contribution in [-0.4, -0.2) is 22.5 Å². The number of carbonyl (C=O) groups excluding carboxylic acids is 1. The van der Waals surface area contributed by atoms with Gasteiger partial charge in [-0.3, -0.25) is 4.79 Å². The van der Waals surface area contributed by atoms with E-state index < -0.39 is 11.5 Å². The van der Waals surface area contributed by atoms with E-state index in [0.29, 0.717) is 25.7 Å². The Bertz CT molecular complexity index is 701. The van der Waals surface area contributed by atoms with Crippen LogP contribution in [0.15, 0.2) is 29.6 Å². The highest BCUT2D eigenvalue weighted by atomic mass is 32.1. The van der Waals surface area contributed by atoms with E-state index in [1.807, 2.05) is 12.1 Å². The van der Waals surface area contributed by atoms with Crippen molar-refractivity contribution < 1.29 is 14.7 Å². The summed E-state index contributed by atoms with van der Waals surface area (Å²) < 4.78 is 1.22. The molecule has 5 heteroatoms. The van der Waals surface area contributed by atoms with Gasteiger partial charge in [0, 0.05) is 11.1 Å². The molecule has 1 amide bonds. The Balaban J connectivity index is 1.64. The highest BCUT2D eigenvalue weighted by Gasteiger charge is 2.42. The maximum atomic E-state index is 12.2. The number of fused-ring (bicyclic) bond motifs is 1. The number of nitrogens with one attached hydrogen (secondary N) is 1. The molecule has 0 radical (unpaired) electrons. The van der Waals surface area contributed by atoms with Gasteiger partial charge in [0.1, 0.15) is 5.54 Å². The number of benzene rings is 1. The average molecular weight is 317 g/mol. The summed E-state index contributed by atoms with van der Waals surface area (Å²) in [6.07, 6.45) is 3.77. The number of carbonyl (C=O) groups is 2. The fourth-order valence-corrected chi connectivity index (χ4v) is 4.17. The molecule has 0 unspecified atom stereocenters. The van der Waals surface area contributed by atoms with Gasteiger partial charge in [-0.2, -0.15) is 0 Å². The van der Waals surface area contributed by atoms with Crippen molar-refractivity contribution in [3.05, 3.63) is 35.2 Å². The second-order valence-electron chi connectivity index (χ2n) is 5.90. The summed E-state index contributed by atoms with van der Waals surface area (Å²) in [6.45, 7) is 0. The fourth-order valence-electron chi connectivity index (χ4n) is 3.17. The van der Waals surface area contributed by atoms with Crippen molar-refractivity contribution >= 4 is 33.3 Å². The number of aliphatic carboxylic acids is 1. The molecule has 2 N–H and O–H groups in total. The van der Waals surface area contributed by atoms with Crippen LogP contribution in [0.3, 0.4) is 0 Å². The van der Waals surface area contributed by atoms with Crippen LogP contribution in [0.2, 0.25) is 0 Å². The quantitative estimate of drug-likeness (QED) is 0.889. The van der Waals surface area contributed by atoms with Crippen molar-refractivity contribution in [2.75, 3.05) is 0 Å². The van der Waals surface area contributed by atoms with Crippen LogP contribution >= 0.6 is 11.3 Å². The molecule has 1 aromatic carbocycles.